The molecule has 3 aromatic rings. The Morgan fingerprint density at radius 1 is 1.17 bits per heavy atom. The molecule has 2 aromatic carbocycles. The molecule has 8 nitrogen and oxygen atoms in total. The molecule has 0 spiro atoms. The average molecular weight is 438 g/mol. The number of nitro groups is 1. The van der Waals surface area contributed by atoms with Gasteiger partial charge in [-0.15, -0.1) is 0 Å². The molecule has 0 unspecified atom stereocenters. The van der Waals surface area contributed by atoms with Crippen molar-refractivity contribution in [3.05, 3.63) is 68.4 Å². The van der Waals surface area contributed by atoms with E-state index in [-0.39, 0.29) is 38.5 Å². The fraction of sp³-hybridized carbons (Fsp3) is 0.105. The van der Waals surface area contributed by atoms with Crippen LogP contribution in [0, 0.1) is 10.1 Å². The van der Waals surface area contributed by atoms with Crippen LogP contribution in [0.3, 0.4) is 0 Å². The van der Waals surface area contributed by atoms with E-state index in [2.05, 4.69) is 5.32 Å². The molecule has 0 saturated heterocycles. The molecule has 0 atom stereocenters. The van der Waals surface area contributed by atoms with Gasteiger partial charge in [-0.25, -0.2) is 0 Å². The summed E-state index contributed by atoms with van der Waals surface area (Å²) in [6.45, 7) is 4.00. The van der Waals surface area contributed by atoms with Crippen molar-refractivity contribution in [3.8, 4) is 17.1 Å². The van der Waals surface area contributed by atoms with Gasteiger partial charge >= 0.3 is 0 Å². The van der Waals surface area contributed by atoms with Crippen LogP contribution in [0.1, 0.15) is 24.2 Å². The number of hydrogen-bond donors (Lipinski definition) is 3. The average Bonchev–Trinajstić information content (AvgIpc) is 3.12. The summed E-state index contributed by atoms with van der Waals surface area (Å²) >= 11 is 12.1. The zero-order valence-corrected chi connectivity index (χ0v) is 16.9. The number of phenolic OH excluding ortho intramolecular Hbond substituents is 1. The number of nitrogens with one attached hydrogen (secondary N) is 1. The second kappa shape index (κ2) is 9.31. The van der Waals surface area contributed by atoms with Gasteiger partial charge in [-0.3, -0.25) is 14.9 Å². The first-order valence-electron chi connectivity index (χ1n) is 8.39. The molecule has 0 aliphatic carbocycles. The van der Waals surface area contributed by atoms with E-state index in [1.54, 1.807) is 0 Å². The molecule has 1 aromatic heterocycles. The fourth-order valence-corrected chi connectivity index (χ4v) is 2.84. The number of nitrogens with two attached hydrogens (primary N) is 1. The van der Waals surface area contributed by atoms with E-state index in [0.717, 1.165) is 6.07 Å². The van der Waals surface area contributed by atoms with Crippen LogP contribution < -0.4 is 11.1 Å². The first kappa shape index (κ1) is 22.1. The van der Waals surface area contributed by atoms with Crippen molar-refractivity contribution in [2.45, 2.75) is 13.8 Å². The van der Waals surface area contributed by atoms with Gasteiger partial charge in [0.2, 0.25) is 0 Å². The van der Waals surface area contributed by atoms with Gasteiger partial charge in [0.15, 0.2) is 5.76 Å². The van der Waals surface area contributed by atoms with E-state index in [9.17, 15) is 20.0 Å². The Balaban J connectivity index is 0.00000145. The standard InChI is InChI=1S/C17H11Cl2N3O5.C2H6/c18-11-6-10(15(23)7-9(11)16-13(20)3-4-27-16)17(24)21-14-2-1-8(22(25)26)5-12(14)19;1-2/h1-7,23H,20H2,(H,21,24);1-2H3. The number of nitrogen functional groups attached to an aromatic ring is 1. The Hall–Kier alpha value is -3.23. The number of nitrogens with zero attached hydrogens (tertiary/aromatic N) is 1. The highest BCUT2D eigenvalue weighted by atomic mass is 35.5. The lowest BCUT2D eigenvalue weighted by Crippen LogP contribution is -2.12. The maximum atomic E-state index is 12.5. The Kier molecular flexibility index (Phi) is 7.08. The molecule has 4 N–H and O–H groups in total. The summed E-state index contributed by atoms with van der Waals surface area (Å²) in [5, 5.41) is 23.5. The van der Waals surface area contributed by atoms with Crippen LogP contribution in [-0.2, 0) is 0 Å². The number of amides is 1. The zero-order valence-electron chi connectivity index (χ0n) is 15.4. The monoisotopic (exact) mass is 437 g/mol. The lowest BCUT2D eigenvalue weighted by atomic mass is 10.1. The van der Waals surface area contributed by atoms with Crippen molar-refractivity contribution in [1.29, 1.82) is 0 Å². The van der Waals surface area contributed by atoms with Gasteiger partial charge in [0.25, 0.3) is 11.6 Å². The maximum absolute atomic E-state index is 12.5. The number of rotatable bonds is 4. The highest BCUT2D eigenvalue weighted by Gasteiger charge is 2.19. The van der Waals surface area contributed by atoms with Crippen molar-refractivity contribution >= 4 is 46.2 Å². The summed E-state index contributed by atoms with van der Waals surface area (Å²) in [5.74, 6) is -0.800. The number of hydrogen-bond acceptors (Lipinski definition) is 6. The molecule has 1 heterocycles. The summed E-state index contributed by atoms with van der Waals surface area (Å²) in [7, 11) is 0. The predicted octanol–water partition coefficient (Wildman–Crippen LogP) is 5.73. The summed E-state index contributed by atoms with van der Waals surface area (Å²) in [6.07, 6.45) is 1.37. The SMILES string of the molecule is CC.Nc1ccoc1-c1cc(O)c(C(=O)Nc2ccc([N+](=O)[O-])cc2Cl)cc1Cl. The third-order valence-corrected chi connectivity index (χ3v) is 4.31. The predicted molar refractivity (Wildman–Crippen MR) is 113 cm³/mol. The van der Waals surface area contributed by atoms with Gasteiger partial charge in [-0.1, -0.05) is 37.0 Å². The number of halogens is 2. The number of anilines is 2. The maximum Gasteiger partial charge on any atom is 0.271 e. The van der Waals surface area contributed by atoms with Crippen molar-refractivity contribution in [1.82, 2.24) is 0 Å². The molecule has 1 amide bonds. The number of phenols is 1. The fourth-order valence-electron chi connectivity index (χ4n) is 2.36. The molecule has 0 aliphatic rings. The lowest BCUT2D eigenvalue weighted by molar-refractivity contribution is -0.384. The largest absolute Gasteiger partial charge is 0.507 e. The minimum absolute atomic E-state index is 0.0249. The van der Waals surface area contributed by atoms with E-state index in [1.165, 1.54) is 36.6 Å². The smallest absolute Gasteiger partial charge is 0.271 e. The molecule has 10 heteroatoms. The highest BCUT2D eigenvalue weighted by Crippen LogP contribution is 2.37. The topological polar surface area (TPSA) is 132 Å². The van der Waals surface area contributed by atoms with Crippen LogP contribution in [0.25, 0.3) is 11.3 Å². The number of carbonyl (C=O) groups excluding carboxylic acids is 1. The second-order valence-corrected chi connectivity index (χ2v) is 6.24. The Morgan fingerprint density at radius 2 is 1.86 bits per heavy atom. The molecule has 0 radical (unpaired) electrons. The molecule has 152 valence electrons. The Labute approximate surface area is 176 Å². The number of nitro benzene ring substituents is 1. The summed E-state index contributed by atoms with van der Waals surface area (Å²) in [6, 6.07) is 7.62. The molecule has 29 heavy (non-hydrogen) atoms. The minimum atomic E-state index is -0.705. The van der Waals surface area contributed by atoms with Crippen LogP contribution in [-0.4, -0.2) is 15.9 Å². The van der Waals surface area contributed by atoms with E-state index >= 15 is 0 Å². The summed E-state index contributed by atoms with van der Waals surface area (Å²) in [5.41, 5.74) is 6.21. The van der Waals surface area contributed by atoms with Gasteiger partial charge < -0.3 is 20.6 Å². The molecular weight excluding hydrogens is 421 g/mol. The molecular formula is C19H17Cl2N3O5. The third kappa shape index (κ3) is 4.79. The molecule has 0 bridgehead atoms. The second-order valence-electron chi connectivity index (χ2n) is 5.43. The normalized spacial score (nSPS) is 10.1. The highest BCUT2D eigenvalue weighted by molar-refractivity contribution is 6.35. The quantitative estimate of drug-likeness (QED) is 0.352. The summed E-state index contributed by atoms with van der Waals surface area (Å²) in [4.78, 5) is 22.6. The Morgan fingerprint density at radius 3 is 2.41 bits per heavy atom. The van der Waals surface area contributed by atoms with Gasteiger partial charge in [-0.05, 0) is 18.2 Å². The molecule has 0 aliphatic heterocycles. The molecule has 3 rings (SSSR count). The third-order valence-electron chi connectivity index (χ3n) is 3.68. The van der Waals surface area contributed by atoms with Crippen molar-refractivity contribution < 1.29 is 19.2 Å². The van der Waals surface area contributed by atoms with E-state index in [1.807, 2.05) is 13.8 Å². The van der Waals surface area contributed by atoms with Gasteiger partial charge in [0.1, 0.15) is 5.75 Å². The minimum Gasteiger partial charge on any atom is -0.507 e. The van der Waals surface area contributed by atoms with Crippen molar-refractivity contribution in [2.24, 2.45) is 0 Å². The van der Waals surface area contributed by atoms with E-state index in [4.69, 9.17) is 33.4 Å². The molecule has 0 saturated carbocycles. The van der Waals surface area contributed by atoms with Gasteiger partial charge in [-0.2, -0.15) is 0 Å². The van der Waals surface area contributed by atoms with Gasteiger partial charge in [0.05, 0.1) is 38.2 Å². The number of furan rings is 1. The number of non-ortho nitro benzene ring substituents is 1. The van der Waals surface area contributed by atoms with Crippen LogP contribution in [0.2, 0.25) is 10.0 Å². The number of carbonyl (C=O) groups is 1. The van der Waals surface area contributed by atoms with Crippen LogP contribution in [0.4, 0.5) is 17.1 Å². The van der Waals surface area contributed by atoms with Crippen LogP contribution in [0.15, 0.2) is 47.1 Å². The molecule has 0 fully saturated rings. The lowest BCUT2D eigenvalue weighted by Gasteiger charge is -2.11. The zero-order chi connectivity index (χ0) is 21.7. The van der Waals surface area contributed by atoms with Crippen molar-refractivity contribution in [2.75, 3.05) is 11.1 Å². The first-order chi connectivity index (χ1) is 13.8. The van der Waals surface area contributed by atoms with E-state index in [0.29, 0.717) is 11.3 Å². The van der Waals surface area contributed by atoms with Gasteiger partial charge in [0, 0.05) is 23.8 Å². The van der Waals surface area contributed by atoms with E-state index < -0.39 is 10.8 Å². The van der Waals surface area contributed by atoms with Crippen LogP contribution >= 0.6 is 23.2 Å². The number of benzene rings is 2. The summed E-state index contributed by atoms with van der Waals surface area (Å²) < 4.78 is 5.23. The first-order valence-corrected chi connectivity index (χ1v) is 9.14. The van der Waals surface area contributed by atoms with Crippen LogP contribution in [0.5, 0.6) is 5.75 Å². The van der Waals surface area contributed by atoms with Crippen molar-refractivity contribution in [3.63, 3.8) is 0 Å². The number of aromatic hydroxyl groups is 1. The Bertz CT molecular complexity index is 1070.